The monoisotopic (exact) mass is 559 g/mol. The van der Waals surface area contributed by atoms with Gasteiger partial charge in [0.25, 0.3) is 11.8 Å². The first kappa shape index (κ1) is 32.2. The number of rotatable bonds is 10. The van der Waals surface area contributed by atoms with E-state index in [1.54, 1.807) is 34.6 Å². The van der Waals surface area contributed by atoms with Crippen molar-refractivity contribution in [3.8, 4) is 5.75 Å². The van der Waals surface area contributed by atoms with Crippen LogP contribution in [0.3, 0.4) is 0 Å². The second kappa shape index (κ2) is 13.4. The minimum absolute atomic E-state index is 0.130. The number of nitrogens with one attached hydrogen (secondary N) is 2. The van der Waals surface area contributed by atoms with Crippen LogP contribution in [0.15, 0.2) is 18.2 Å². The van der Waals surface area contributed by atoms with Gasteiger partial charge in [-0.05, 0) is 59.2 Å². The molecule has 3 amide bonds. The molecule has 2 N–H and O–H groups in total. The van der Waals surface area contributed by atoms with E-state index in [1.807, 2.05) is 0 Å². The van der Waals surface area contributed by atoms with E-state index < -0.39 is 47.0 Å². The number of amides is 3. The molecule has 1 aromatic carbocycles. The summed E-state index contributed by atoms with van der Waals surface area (Å²) in [4.78, 5) is 39.2. The Morgan fingerprint density at radius 2 is 1.69 bits per heavy atom. The highest BCUT2D eigenvalue weighted by atomic mass is 19.4. The average molecular weight is 560 g/mol. The number of ether oxygens (including phenoxy) is 3. The Kier molecular flexibility index (Phi) is 11.0. The smallest absolute Gasteiger partial charge is 0.419 e. The summed E-state index contributed by atoms with van der Waals surface area (Å²) in [7, 11) is 0. The first-order chi connectivity index (χ1) is 18.1. The molecule has 0 aromatic heterocycles. The first-order valence-electron chi connectivity index (χ1n) is 13.2. The lowest BCUT2D eigenvalue weighted by Crippen LogP contribution is -2.57. The Labute approximate surface area is 227 Å². The van der Waals surface area contributed by atoms with Crippen molar-refractivity contribution in [2.24, 2.45) is 0 Å². The normalized spacial score (nSPS) is 17.1. The molecule has 1 aliphatic heterocycles. The number of hydrogen-bond acceptors (Lipinski definition) is 6. The molecular formula is C27H40F3N3O6. The fourth-order valence-electron chi connectivity index (χ4n) is 4.01. The quantitative estimate of drug-likeness (QED) is 0.287. The van der Waals surface area contributed by atoms with Gasteiger partial charge in [-0.25, -0.2) is 4.79 Å². The summed E-state index contributed by atoms with van der Waals surface area (Å²) in [6.45, 7) is 10.2. The van der Waals surface area contributed by atoms with Gasteiger partial charge in [0.1, 0.15) is 23.1 Å². The number of nitrogens with zero attached hydrogens (tertiary/aromatic N) is 1. The first-order valence-corrected chi connectivity index (χ1v) is 13.2. The van der Waals surface area contributed by atoms with E-state index in [-0.39, 0.29) is 24.5 Å². The van der Waals surface area contributed by atoms with Gasteiger partial charge in [-0.3, -0.25) is 25.3 Å². The molecule has 2 rings (SSSR count). The SMILES string of the molecule is CCCCCCCCOc1ccc(C(=O)NNC(=O)C2COC(C)(C)N2C(=O)OC(C)(C)C)cc1C(F)(F)F. The van der Waals surface area contributed by atoms with Crippen molar-refractivity contribution >= 4 is 17.9 Å². The molecule has 12 heteroatoms. The third-order valence-corrected chi connectivity index (χ3v) is 5.98. The van der Waals surface area contributed by atoms with Crippen molar-refractivity contribution in [2.75, 3.05) is 13.2 Å². The van der Waals surface area contributed by atoms with Gasteiger partial charge in [-0.2, -0.15) is 13.2 Å². The Bertz CT molecular complexity index is 1010. The van der Waals surface area contributed by atoms with Gasteiger partial charge in [-0.1, -0.05) is 39.0 Å². The number of benzene rings is 1. The van der Waals surface area contributed by atoms with Crippen molar-refractivity contribution < 1.29 is 41.8 Å². The third-order valence-electron chi connectivity index (χ3n) is 5.98. The van der Waals surface area contributed by atoms with Crippen LogP contribution in [-0.4, -0.2) is 53.4 Å². The zero-order valence-electron chi connectivity index (χ0n) is 23.5. The van der Waals surface area contributed by atoms with Crippen LogP contribution in [0.1, 0.15) is 96.0 Å². The highest BCUT2D eigenvalue weighted by molar-refractivity contribution is 5.96. The van der Waals surface area contributed by atoms with E-state index >= 15 is 0 Å². The van der Waals surface area contributed by atoms with Crippen LogP contribution in [0.4, 0.5) is 18.0 Å². The molecule has 0 bridgehead atoms. The van der Waals surface area contributed by atoms with Crippen molar-refractivity contribution in [3.63, 3.8) is 0 Å². The Morgan fingerprint density at radius 1 is 1.05 bits per heavy atom. The zero-order valence-corrected chi connectivity index (χ0v) is 23.5. The highest BCUT2D eigenvalue weighted by Gasteiger charge is 2.49. The van der Waals surface area contributed by atoms with E-state index in [9.17, 15) is 27.6 Å². The number of carbonyl (C=O) groups is 3. The maximum atomic E-state index is 13.7. The number of carbonyl (C=O) groups excluding carboxylic acids is 3. The van der Waals surface area contributed by atoms with Gasteiger partial charge in [-0.15, -0.1) is 0 Å². The molecule has 9 nitrogen and oxygen atoms in total. The van der Waals surface area contributed by atoms with E-state index in [2.05, 4.69) is 17.8 Å². The molecule has 1 fully saturated rings. The molecule has 1 saturated heterocycles. The van der Waals surface area contributed by atoms with Crippen LogP contribution in [0.25, 0.3) is 0 Å². The van der Waals surface area contributed by atoms with Gasteiger partial charge < -0.3 is 14.2 Å². The third kappa shape index (κ3) is 9.59. The van der Waals surface area contributed by atoms with Crippen molar-refractivity contribution in [1.29, 1.82) is 0 Å². The molecule has 1 aromatic rings. The number of hydrazine groups is 1. The molecule has 220 valence electrons. The van der Waals surface area contributed by atoms with Crippen molar-refractivity contribution in [2.45, 2.75) is 104 Å². The second-order valence-electron chi connectivity index (χ2n) is 10.9. The topological polar surface area (TPSA) is 106 Å². The van der Waals surface area contributed by atoms with Crippen LogP contribution in [0.2, 0.25) is 0 Å². The minimum Gasteiger partial charge on any atom is -0.493 e. The van der Waals surface area contributed by atoms with E-state index in [1.165, 1.54) is 6.07 Å². The fraction of sp³-hybridized carbons (Fsp3) is 0.667. The van der Waals surface area contributed by atoms with Crippen LogP contribution in [-0.2, 0) is 20.4 Å². The van der Waals surface area contributed by atoms with Crippen LogP contribution in [0, 0.1) is 0 Å². The van der Waals surface area contributed by atoms with Gasteiger partial charge >= 0.3 is 12.3 Å². The average Bonchev–Trinajstić information content (AvgIpc) is 3.15. The summed E-state index contributed by atoms with van der Waals surface area (Å²) in [6.07, 6.45) is 0.236. The molecule has 1 atom stereocenters. The lowest BCUT2D eigenvalue weighted by Gasteiger charge is -2.34. The number of halogens is 3. The fourth-order valence-corrected chi connectivity index (χ4v) is 4.01. The Morgan fingerprint density at radius 3 is 2.31 bits per heavy atom. The predicted octanol–water partition coefficient (Wildman–Crippen LogP) is 5.58. The van der Waals surface area contributed by atoms with Gasteiger partial charge in [0.05, 0.1) is 18.8 Å². The summed E-state index contributed by atoms with van der Waals surface area (Å²) >= 11 is 0. The second-order valence-corrected chi connectivity index (χ2v) is 10.9. The molecular weight excluding hydrogens is 519 g/mol. The summed E-state index contributed by atoms with van der Waals surface area (Å²) in [6, 6.07) is 1.81. The predicted molar refractivity (Wildman–Crippen MR) is 138 cm³/mol. The maximum Gasteiger partial charge on any atom is 0.419 e. The lowest BCUT2D eigenvalue weighted by atomic mass is 10.1. The largest absolute Gasteiger partial charge is 0.493 e. The van der Waals surface area contributed by atoms with Gasteiger partial charge in [0, 0.05) is 5.56 Å². The molecule has 0 aliphatic carbocycles. The summed E-state index contributed by atoms with van der Waals surface area (Å²) in [5, 5.41) is 0. The van der Waals surface area contributed by atoms with Crippen molar-refractivity contribution in [1.82, 2.24) is 15.8 Å². The molecule has 0 radical (unpaired) electrons. The highest BCUT2D eigenvalue weighted by Crippen LogP contribution is 2.37. The standard InChI is InChI=1S/C27H40F3N3O6/c1-7-8-9-10-11-12-15-37-21-14-13-18(16-19(21)27(28,29)30)22(34)31-32-23(35)20-17-38-26(5,6)33(20)24(36)39-25(2,3)4/h13-14,16,20H,7-12,15,17H2,1-6H3,(H,31,34)(H,32,35). The van der Waals surface area contributed by atoms with Crippen LogP contribution >= 0.6 is 0 Å². The van der Waals surface area contributed by atoms with E-state index in [0.717, 1.165) is 43.1 Å². The number of alkyl halides is 3. The molecule has 0 saturated carbocycles. The maximum absolute atomic E-state index is 13.7. The van der Waals surface area contributed by atoms with Gasteiger partial charge in [0.15, 0.2) is 0 Å². The summed E-state index contributed by atoms with van der Waals surface area (Å²) in [5.41, 5.74) is 0.855. The molecule has 0 spiro atoms. The Balaban J connectivity index is 2.03. The minimum atomic E-state index is -4.75. The molecule has 1 aliphatic rings. The molecule has 1 heterocycles. The zero-order chi connectivity index (χ0) is 29.4. The molecule has 39 heavy (non-hydrogen) atoms. The van der Waals surface area contributed by atoms with E-state index in [4.69, 9.17) is 14.2 Å². The van der Waals surface area contributed by atoms with Crippen molar-refractivity contribution in [3.05, 3.63) is 29.3 Å². The molecule has 1 unspecified atom stereocenters. The Hall–Kier alpha value is -3.02. The lowest BCUT2D eigenvalue weighted by molar-refractivity contribution is -0.139. The van der Waals surface area contributed by atoms with Gasteiger partial charge in [0.2, 0.25) is 0 Å². The van der Waals surface area contributed by atoms with E-state index in [0.29, 0.717) is 12.5 Å². The number of hydrogen-bond donors (Lipinski definition) is 2. The summed E-state index contributed by atoms with van der Waals surface area (Å²) in [5.74, 6) is -2.14. The number of unbranched alkanes of at least 4 members (excludes halogenated alkanes) is 5. The van der Waals surface area contributed by atoms with Crippen LogP contribution in [0.5, 0.6) is 5.75 Å². The van der Waals surface area contributed by atoms with Crippen LogP contribution < -0.4 is 15.6 Å². The summed E-state index contributed by atoms with van der Waals surface area (Å²) < 4.78 is 57.4.